The number of hydrogen-bond donors (Lipinski definition) is 1. The van der Waals surface area contributed by atoms with E-state index in [0.717, 1.165) is 4.90 Å². The van der Waals surface area contributed by atoms with Gasteiger partial charge < -0.3 is 19.6 Å². The van der Waals surface area contributed by atoms with Gasteiger partial charge in [0.1, 0.15) is 18.0 Å². The van der Waals surface area contributed by atoms with Gasteiger partial charge in [0, 0.05) is 37.5 Å². The summed E-state index contributed by atoms with van der Waals surface area (Å²) in [6, 6.07) is 15.5. The van der Waals surface area contributed by atoms with Crippen LogP contribution in [-0.4, -0.2) is 61.4 Å². The minimum atomic E-state index is -0.461. The zero-order valence-corrected chi connectivity index (χ0v) is 16.3. The average molecular weight is 394 g/mol. The van der Waals surface area contributed by atoms with Gasteiger partial charge in [-0.15, -0.1) is 0 Å². The Labute approximate surface area is 168 Å². The summed E-state index contributed by atoms with van der Waals surface area (Å²) in [5.74, 6) is -1.27. The van der Waals surface area contributed by atoms with Crippen molar-refractivity contribution in [1.29, 1.82) is 0 Å². The third-order valence-corrected chi connectivity index (χ3v) is 4.71. The van der Waals surface area contributed by atoms with Crippen LogP contribution in [0.15, 0.2) is 66.0 Å². The highest BCUT2D eigenvalue weighted by Crippen LogP contribution is 2.32. The van der Waals surface area contributed by atoms with Crippen LogP contribution in [0.5, 0.6) is 0 Å². The molecule has 1 aliphatic carbocycles. The third kappa shape index (κ3) is 3.83. The van der Waals surface area contributed by atoms with Crippen molar-refractivity contribution in [3.8, 4) is 0 Å². The number of aliphatic hydroxyl groups is 1. The number of ether oxygens (including phenoxy) is 1. The van der Waals surface area contributed by atoms with E-state index < -0.39 is 11.7 Å². The number of benzene rings is 2. The van der Waals surface area contributed by atoms with Crippen molar-refractivity contribution < 1.29 is 24.2 Å². The normalized spacial score (nSPS) is 13.3. The largest absolute Gasteiger partial charge is 0.395 e. The number of carbonyl (C=O) groups is 3. The van der Waals surface area contributed by atoms with Crippen LogP contribution >= 0.6 is 0 Å². The second kappa shape index (κ2) is 8.81. The SMILES string of the molecule is COCC(=O)N(C)C1=C(N(CCO)c2ccccc2)C(=O)c2ccccc2C1=O. The molecule has 1 amide bonds. The summed E-state index contributed by atoms with van der Waals surface area (Å²) in [5.41, 5.74) is 1.16. The van der Waals surface area contributed by atoms with Gasteiger partial charge >= 0.3 is 0 Å². The molecule has 0 aromatic heterocycles. The van der Waals surface area contributed by atoms with Crippen molar-refractivity contribution in [2.45, 2.75) is 0 Å². The first kappa shape index (κ1) is 20.4. The highest BCUT2D eigenvalue weighted by Gasteiger charge is 2.38. The van der Waals surface area contributed by atoms with Crippen LogP contribution in [0.25, 0.3) is 0 Å². The fraction of sp³-hybridized carbons (Fsp3) is 0.227. The molecule has 0 atom stereocenters. The van der Waals surface area contributed by atoms with Crippen molar-refractivity contribution >= 4 is 23.2 Å². The van der Waals surface area contributed by atoms with E-state index in [9.17, 15) is 19.5 Å². The monoisotopic (exact) mass is 394 g/mol. The number of carbonyl (C=O) groups excluding carboxylic acids is 3. The van der Waals surface area contributed by atoms with Gasteiger partial charge in [0.2, 0.25) is 11.6 Å². The molecule has 2 aromatic rings. The Morgan fingerprint density at radius 1 is 0.931 bits per heavy atom. The van der Waals surface area contributed by atoms with Gasteiger partial charge in [0.05, 0.1) is 6.61 Å². The first-order chi connectivity index (χ1) is 14.0. The lowest BCUT2D eigenvalue weighted by Crippen LogP contribution is -2.43. The third-order valence-electron chi connectivity index (χ3n) is 4.71. The Balaban J connectivity index is 2.25. The molecule has 0 fully saturated rings. The van der Waals surface area contributed by atoms with Crippen molar-refractivity contribution in [2.75, 3.05) is 38.8 Å². The lowest BCUT2D eigenvalue weighted by atomic mass is 9.89. The van der Waals surface area contributed by atoms with Crippen LogP contribution in [0.1, 0.15) is 20.7 Å². The van der Waals surface area contributed by atoms with Crippen LogP contribution < -0.4 is 4.90 Å². The maximum Gasteiger partial charge on any atom is 0.252 e. The fourth-order valence-electron chi connectivity index (χ4n) is 3.33. The van der Waals surface area contributed by atoms with Crippen LogP contribution in [-0.2, 0) is 9.53 Å². The van der Waals surface area contributed by atoms with E-state index in [4.69, 9.17) is 4.74 Å². The summed E-state index contributed by atoms with van der Waals surface area (Å²) >= 11 is 0. The number of fused-ring (bicyclic) bond motifs is 1. The fourth-order valence-corrected chi connectivity index (χ4v) is 3.33. The molecule has 0 saturated heterocycles. The Hall–Kier alpha value is -3.29. The number of nitrogens with zero attached hydrogens (tertiary/aromatic N) is 2. The molecule has 0 saturated carbocycles. The van der Waals surface area contributed by atoms with Gasteiger partial charge in [-0.1, -0.05) is 42.5 Å². The molecule has 1 N–H and O–H groups in total. The molecule has 0 spiro atoms. The minimum Gasteiger partial charge on any atom is -0.395 e. The molecule has 0 radical (unpaired) electrons. The predicted molar refractivity (Wildman–Crippen MR) is 108 cm³/mol. The highest BCUT2D eigenvalue weighted by atomic mass is 16.5. The minimum absolute atomic E-state index is 0.0342. The topological polar surface area (TPSA) is 87.2 Å². The number of ketones is 2. The molecule has 2 aromatic carbocycles. The van der Waals surface area contributed by atoms with E-state index in [1.807, 2.05) is 6.07 Å². The highest BCUT2D eigenvalue weighted by molar-refractivity contribution is 6.28. The van der Waals surface area contributed by atoms with E-state index in [2.05, 4.69) is 0 Å². The number of hydrogen-bond acceptors (Lipinski definition) is 6. The summed E-state index contributed by atoms with van der Waals surface area (Å²) in [4.78, 5) is 42.0. The summed E-state index contributed by atoms with van der Waals surface area (Å²) in [7, 11) is 2.82. The zero-order chi connectivity index (χ0) is 21.0. The van der Waals surface area contributed by atoms with E-state index >= 15 is 0 Å². The Morgan fingerprint density at radius 3 is 2.03 bits per heavy atom. The predicted octanol–water partition coefficient (Wildman–Crippen LogP) is 1.88. The lowest BCUT2D eigenvalue weighted by molar-refractivity contribution is -0.131. The molecule has 7 nitrogen and oxygen atoms in total. The molecule has 0 unspecified atom stereocenters. The maximum absolute atomic E-state index is 13.4. The first-order valence-electron chi connectivity index (χ1n) is 9.12. The first-order valence-corrected chi connectivity index (χ1v) is 9.12. The van der Waals surface area contributed by atoms with Gasteiger partial charge in [-0.3, -0.25) is 14.4 Å². The van der Waals surface area contributed by atoms with Gasteiger partial charge in [0.15, 0.2) is 0 Å². The number of anilines is 1. The van der Waals surface area contributed by atoms with Gasteiger partial charge in [0.25, 0.3) is 5.91 Å². The summed E-state index contributed by atoms with van der Waals surface area (Å²) < 4.78 is 4.91. The molecular weight excluding hydrogens is 372 g/mol. The number of Topliss-reactive ketones (excluding diaryl/α,β-unsaturated/α-hetero) is 2. The lowest BCUT2D eigenvalue weighted by Gasteiger charge is -2.33. The van der Waals surface area contributed by atoms with Crippen LogP contribution in [0.2, 0.25) is 0 Å². The molecule has 1 aliphatic rings. The molecule has 150 valence electrons. The van der Waals surface area contributed by atoms with Gasteiger partial charge in [-0.25, -0.2) is 0 Å². The smallest absolute Gasteiger partial charge is 0.252 e. The average Bonchev–Trinajstić information content (AvgIpc) is 2.75. The van der Waals surface area contributed by atoms with E-state index in [-0.39, 0.29) is 48.1 Å². The van der Waals surface area contributed by atoms with Crippen LogP contribution in [0.3, 0.4) is 0 Å². The van der Waals surface area contributed by atoms with Crippen LogP contribution in [0.4, 0.5) is 5.69 Å². The van der Waals surface area contributed by atoms with Crippen molar-refractivity contribution in [3.63, 3.8) is 0 Å². The second-order valence-corrected chi connectivity index (χ2v) is 6.50. The zero-order valence-electron chi connectivity index (χ0n) is 16.3. The van der Waals surface area contributed by atoms with Gasteiger partial charge in [-0.2, -0.15) is 0 Å². The quantitative estimate of drug-likeness (QED) is 0.772. The Bertz CT molecular complexity index is 968. The standard InChI is InChI=1S/C22H22N2O5/c1-23(18(26)14-29-2)19-20(24(12-13-25)15-8-4-3-5-9-15)22(28)17-11-7-6-10-16(17)21(19)27/h3-11,25H,12-14H2,1-2H3. The summed E-state index contributed by atoms with van der Waals surface area (Å²) in [6.07, 6.45) is 0. The molecule has 0 heterocycles. The number of allylic oxidation sites excluding steroid dienone is 2. The molecule has 29 heavy (non-hydrogen) atoms. The number of likely N-dealkylation sites (N-methyl/N-ethyl adjacent to an activating group) is 1. The summed E-state index contributed by atoms with van der Waals surface area (Å²) in [6.45, 7) is -0.400. The second-order valence-electron chi connectivity index (χ2n) is 6.50. The number of amides is 1. The molecule has 7 heteroatoms. The van der Waals surface area contributed by atoms with E-state index in [0.29, 0.717) is 5.69 Å². The van der Waals surface area contributed by atoms with Gasteiger partial charge in [-0.05, 0) is 12.1 Å². The number of rotatable bonds is 7. The molecular formula is C22H22N2O5. The molecule has 0 bridgehead atoms. The Morgan fingerprint density at radius 2 is 1.48 bits per heavy atom. The number of para-hydroxylation sites is 1. The number of aliphatic hydroxyl groups excluding tert-OH is 1. The van der Waals surface area contributed by atoms with Crippen molar-refractivity contribution in [3.05, 3.63) is 77.1 Å². The Kier molecular flexibility index (Phi) is 6.21. The molecule has 3 rings (SSSR count). The number of methoxy groups -OCH3 is 1. The summed E-state index contributed by atoms with van der Waals surface area (Å²) in [5, 5.41) is 9.63. The molecule has 0 aliphatic heterocycles. The van der Waals surface area contributed by atoms with Crippen LogP contribution in [0, 0.1) is 0 Å². The van der Waals surface area contributed by atoms with E-state index in [1.54, 1.807) is 53.4 Å². The van der Waals surface area contributed by atoms with Crippen molar-refractivity contribution in [2.24, 2.45) is 0 Å². The maximum atomic E-state index is 13.4. The van der Waals surface area contributed by atoms with Crippen molar-refractivity contribution in [1.82, 2.24) is 4.90 Å². The van der Waals surface area contributed by atoms with E-state index in [1.165, 1.54) is 14.2 Å².